The third-order valence-electron chi connectivity index (χ3n) is 2.00. The molecule has 0 amide bonds. The van der Waals surface area contributed by atoms with Gasteiger partial charge in [-0.25, -0.2) is 4.39 Å². The Morgan fingerprint density at radius 3 is 2.62 bits per heavy atom. The second kappa shape index (κ2) is 3.90. The molecule has 0 saturated heterocycles. The molecule has 1 aromatic rings. The minimum Gasteiger partial charge on any atom is -0.357 e. The highest BCUT2D eigenvalue weighted by Crippen LogP contribution is 2.18. The first-order valence-corrected chi connectivity index (χ1v) is 4.03. The lowest BCUT2D eigenvalue weighted by molar-refractivity contribution is 0.619. The number of hydrogen-bond acceptors (Lipinski definition) is 2. The third kappa shape index (κ3) is 1.97. The highest BCUT2D eigenvalue weighted by Gasteiger charge is 2.11. The maximum absolute atomic E-state index is 13.2. The van der Waals surface area contributed by atoms with Crippen molar-refractivity contribution in [2.24, 2.45) is 0 Å². The average molecular weight is 178 g/mol. The molecule has 0 radical (unpaired) electrons. The largest absolute Gasteiger partial charge is 0.357 e. The van der Waals surface area contributed by atoms with Crippen LogP contribution >= 0.6 is 0 Å². The van der Waals surface area contributed by atoms with E-state index in [2.05, 4.69) is 0 Å². The van der Waals surface area contributed by atoms with E-state index in [4.69, 9.17) is 5.26 Å². The van der Waals surface area contributed by atoms with Gasteiger partial charge in [0.05, 0.1) is 11.8 Å². The summed E-state index contributed by atoms with van der Waals surface area (Å²) in [5.74, 6) is -0.299. The summed E-state index contributed by atoms with van der Waals surface area (Å²) in [6.07, 6.45) is 0. The van der Waals surface area contributed by atoms with Crippen molar-refractivity contribution in [1.82, 2.24) is 0 Å². The van der Waals surface area contributed by atoms with E-state index in [9.17, 15) is 4.39 Å². The van der Waals surface area contributed by atoms with E-state index >= 15 is 0 Å². The van der Waals surface area contributed by atoms with Crippen molar-refractivity contribution in [2.45, 2.75) is 13.0 Å². The third-order valence-corrected chi connectivity index (χ3v) is 2.00. The molecule has 68 valence electrons. The topological polar surface area (TPSA) is 27.0 Å². The van der Waals surface area contributed by atoms with Crippen molar-refractivity contribution in [1.29, 1.82) is 5.26 Å². The summed E-state index contributed by atoms with van der Waals surface area (Å²) in [6.45, 7) is 1.73. The van der Waals surface area contributed by atoms with Gasteiger partial charge in [0.25, 0.3) is 0 Å². The van der Waals surface area contributed by atoms with Crippen LogP contribution in [-0.4, -0.2) is 13.1 Å². The normalized spacial score (nSPS) is 11.8. The smallest absolute Gasteiger partial charge is 0.146 e. The van der Waals surface area contributed by atoms with Crippen molar-refractivity contribution in [3.63, 3.8) is 0 Å². The van der Waals surface area contributed by atoms with Gasteiger partial charge >= 0.3 is 0 Å². The van der Waals surface area contributed by atoms with Crippen molar-refractivity contribution in [3.8, 4) is 6.07 Å². The fraction of sp³-hybridized carbons (Fsp3) is 0.300. The van der Waals surface area contributed by atoms with Gasteiger partial charge in [-0.05, 0) is 19.1 Å². The van der Waals surface area contributed by atoms with Crippen LogP contribution in [0.4, 0.5) is 10.1 Å². The molecule has 0 aliphatic carbocycles. The molecule has 3 heteroatoms. The summed E-state index contributed by atoms with van der Waals surface area (Å²) < 4.78 is 13.2. The molecule has 0 saturated carbocycles. The van der Waals surface area contributed by atoms with E-state index in [0.29, 0.717) is 5.69 Å². The predicted molar refractivity (Wildman–Crippen MR) is 49.9 cm³/mol. The van der Waals surface area contributed by atoms with E-state index in [0.717, 1.165) is 0 Å². The quantitative estimate of drug-likeness (QED) is 0.694. The average Bonchev–Trinajstić information content (AvgIpc) is 2.16. The van der Waals surface area contributed by atoms with Crippen molar-refractivity contribution >= 4 is 5.69 Å². The van der Waals surface area contributed by atoms with Gasteiger partial charge in [-0.15, -0.1) is 0 Å². The van der Waals surface area contributed by atoms with E-state index in [1.807, 2.05) is 6.07 Å². The molecule has 0 spiro atoms. The molecule has 1 unspecified atom stereocenters. The first-order valence-electron chi connectivity index (χ1n) is 4.03. The Balaban J connectivity index is 2.96. The summed E-state index contributed by atoms with van der Waals surface area (Å²) >= 11 is 0. The number of anilines is 1. The van der Waals surface area contributed by atoms with Gasteiger partial charge in [-0.2, -0.15) is 5.26 Å². The monoisotopic (exact) mass is 178 g/mol. The molecule has 13 heavy (non-hydrogen) atoms. The first kappa shape index (κ1) is 9.53. The number of hydrogen-bond donors (Lipinski definition) is 0. The molecular formula is C10H11FN2. The van der Waals surface area contributed by atoms with E-state index < -0.39 is 0 Å². The molecule has 0 aliphatic rings. The Hall–Kier alpha value is -1.56. The molecule has 1 rings (SSSR count). The SMILES string of the molecule is CC(C#N)N(C)c1ccccc1F. The second-order valence-electron chi connectivity index (χ2n) is 2.87. The van der Waals surface area contributed by atoms with Gasteiger partial charge in [-0.1, -0.05) is 12.1 Å². The summed E-state index contributed by atoms with van der Waals surface area (Å²) in [7, 11) is 1.70. The molecular weight excluding hydrogens is 167 g/mol. The lowest BCUT2D eigenvalue weighted by Gasteiger charge is -2.21. The Bertz CT molecular complexity index is 330. The maximum Gasteiger partial charge on any atom is 0.146 e. The minimum atomic E-state index is -0.322. The van der Waals surface area contributed by atoms with Gasteiger partial charge in [0, 0.05) is 7.05 Å². The zero-order valence-electron chi connectivity index (χ0n) is 7.66. The fourth-order valence-corrected chi connectivity index (χ4v) is 1.03. The summed E-state index contributed by atoms with van der Waals surface area (Å²) in [5.41, 5.74) is 0.455. The van der Waals surface area contributed by atoms with E-state index in [-0.39, 0.29) is 11.9 Å². The zero-order chi connectivity index (χ0) is 9.84. The van der Waals surface area contributed by atoms with Crippen LogP contribution in [-0.2, 0) is 0 Å². The molecule has 0 bridgehead atoms. The van der Waals surface area contributed by atoms with E-state index in [1.54, 1.807) is 37.1 Å². The molecule has 0 fully saturated rings. The standard InChI is InChI=1S/C10H11FN2/c1-8(7-12)13(2)10-6-4-3-5-9(10)11/h3-6,8H,1-2H3. The Labute approximate surface area is 77.2 Å². The second-order valence-corrected chi connectivity index (χ2v) is 2.87. The molecule has 1 aromatic carbocycles. The van der Waals surface area contributed by atoms with Crippen LogP contribution in [0.1, 0.15) is 6.92 Å². The number of benzene rings is 1. The number of rotatable bonds is 2. The zero-order valence-corrected chi connectivity index (χ0v) is 7.66. The number of halogens is 1. The Kier molecular flexibility index (Phi) is 2.86. The van der Waals surface area contributed by atoms with Crippen molar-refractivity contribution < 1.29 is 4.39 Å². The molecule has 1 atom stereocenters. The van der Waals surface area contributed by atoms with Crippen LogP contribution in [0.15, 0.2) is 24.3 Å². The van der Waals surface area contributed by atoms with Crippen LogP contribution < -0.4 is 4.90 Å². The van der Waals surface area contributed by atoms with Crippen molar-refractivity contribution in [3.05, 3.63) is 30.1 Å². The molecule has 0 N–H and O–H groups in total. The Morgan fingerprint density at radius 1 is 1.46 bits per heavy atom. The van der Waals surface area contributed by atoms with Crippen LogP contribution in [0.25, 0.3) is 0 Å². The number of para-hydroxylation sites is 1. The maximum atomic E-state index is 13.2. The van der Waals surface area contributed by atoms with Crippen molar-refractivity contribution in [2.75, 3.05) is 11.9 Å². The highest BCUT2D eigenvalue weighted by atomic mass is 19.1. The number of nitriles is 1. The van der Waals surface area contributed by atoms with Gasteiger partial charge in [0.15, 0.2) is 0 Å². The molecule has 0 aromatic heterocycles. The van der Waals surface area contributed by atoms with Crippen LogP contribution in [0.2, 0.25) is 0 Å². The summed E-state index contributed by atoms with van der Waals surface area (Å²) in [5, 5.41) is 8.64. The lowest BCUT2D eigenvalue weighted by Crippen LogP contribution is -2.27. The van der Waals surface area contributed by atoms with Gasteiger partial charge in [0.1, 0.15) is 11.9 Å². The van der Waals surface area contributed by atoms with Crippen LogP contribution in [0.5, 0.6) is 0 Å². The molecule has 0 aliphatic heterocycles. The highest BCUT2D eigenvalue weighted by molar-refractivity contribution is 5.48. The van der Waals surface area contributed by atoms with Crippen LogP contribution in [0, 0.1) is 17.1 Å². The molecule has 2 nitrogen and oxygen atoms in total. The van der Waals surface area contributed by atoms with E-state index in [1.165, 1.54) is 6.07 Å². The lowest BCUT2D eigenvalue weighted by atomic mass is 10.2. The predicted octanol–water partition coefficient (Wildman–Crippen LogP) is 2.17. The minimum absolute atomic E-state index is 0.299. The number of nitrogens with zero attached hydrogens (tertiary/aromatic N) is 2. The summed E-state index contributed by atoms with van der Waals surface area (Å²) in [6, 6.07) is 8.15. The van der Waals surface area contributed by atoms with Gasteiger partial charge in [-0.3, -0.25) is 0 Å². The first-order chi connectivity index (χ1) is 6.16. The van der Waals surface area contributed by atoms with Gasteiger partial charge in [0.2, 0.25) is 0 Å². The van der Waals surface area contributed by atoms with Gasteiger partial charge < -0.3 is 4.90 Å². The Morgan fingerprint density at radius 2 is 2.08 bits per heavy atom. The summed E-state index contributed by atoms with van der Waals surface area (Å²) in [4.78, 5) is 1.61. The fourth-order valence-electron chi connectivity index (χ4n) is 1.03. The molecule has 0 heterocycles. The van der Waals surface area contributed by atoms with Crippen LogP contribution in [0.3, 0.4) is 0 Å².